The SMILES string of the molecule is Fc1ccc(N2CCCn3nc(NC4[C@@H]5CC[C@H]4CN(c4cc(Cl)ncn4)C5)nc32)cc1F. The van der Waals surface area contributed by atoms with Gasteiger partial charge in [0, 0.05) is 50.0 Å². The number of anilines is 4. The van der Waals surface area contributed by atoms with Gasteiger partial charge in [0.15, 0.2) is 11.6 Å². The maximum Gasteiger partial charge on any atom is 0.244 e. The summed E-state index contributed by atoms with van der Waals surface area (Å²) in [6.07, 6.45) is 4.61. The van der Waals surface area contributed by atoms with Crippen LogP contribution in [0.4, 0.5) is 32.2 Å². The van der Waals surface area contributed by atoms with Crippen molar-refractivity contribution in [1.82, 2.24) is 24.7 Å². The van der Waals surface area contributed by atoms with E-state index in [9.17, 15) is 8.78 Å². The number of fused-ring (bicyclic) bond motifs is 3. The molecule has 2 fully saturated rings. The Hall–Kier alpha value is -3.01. The van der Waals surface area contributed by atoms with E-state index in [-0.39, 0.29) is 6.04 Å². The molecular formula is C22H23ClF2N8. The highest BCUT2D eigenvalue weighted by Gasteiger charge is 2.43. The molecule has 2 aromatic heterocycles. The number of nitrogens with one attached hydrogen (secondary N) is 1. The van der Waals surface area contributed by atoms with Crippen LogP contribution in [0, 0.1) is 23.5 Å². The molecule has 0 amide bonds. The van der Waals surface area contributed by atoms with Gasteiger partial charge in [-0.3, -0.25) is 0 Å². The van der Waals surface area contributed by atoms with Crippen LogP contribution in [-0.4, -0.2) is 50.4 Å². The highest BCUT2D eigenvalue weighted by molar-refractivity contribution is 6.29. The van der Waals surface area contributed by atoms with Gasteiger partial charge in [-0.15, -0.1) is 5.10 Å². The van der Waals surface area contributed by atoms with Crippen LogP contribution in [-0.2, 0) is 6.54 Å². The number of aryl methyl sites for hydroxylation is 1. The van der Waals surface area contributed by atoms with E-state index in [1.807, 2.05) is 15.6 Å². The third-order valence-corrected chi connectivity index (χ3v) is 7.14. The molecule has 1 aliphatic carbocycles. The predicted molar refractivity (Wildman–Crippen MR) is 121 cm³/mol. The van der Waals surface area contributed by atoms with Crippen LogP contribution in [0.1, 0.15) is 19.3 Å². The van der Waals surface area contributed by atoms with Gasteiger partial charge in [-0.25, -0.2) is 23.4 Å². The van der Waals surface area contributed by atoms with Gasteiger partial charge < -0.3 is 15.1 Å². The Kier molecular flexibility index (Phi) is 5.05. The first-order chi connectivity index (χ1) is 16.0. The van der Waals surface area contributed by atoms with Gasteiger partial charge in [0.2, 0.25) is 11.9 Å². The van der Waals surface area contributed by atoms with Gasteiger partial charge in [0.1, 0.15) is 17.3 Å². The molecule has 1 aromatic carbocycles. The lowest BCUT2D eigenvalue weighted by atomic mass is 9.92. The summed E-state index contributed by atoms with van der Waals surface area (Å²) in [5, 5.41) is 8.72. The van der Waals surface area contributed by atoms with Gasteiger partial charge in [-0.2, -0.15) is 4.98 Å². The molecule has 3 atom stereocenters. The Balaban J connectivity index is 1.21. The number of rotatable bonds is 4. The minimum atomic E-state index is -0.865. The van der Waals surface area contributed by atoms with E-state index < -0.39 is 11.6 Å². The third-order valence-electron chi connectivity index (χ3n) is 6.93. The molecule has 6 rings (SSSR count). The van der Waals surface area contributed by atoms with E-state index in [0.29, 0.717) is 41.1 Å². The predicted octanol–water partition coefficient (Wildman–Crippen LogP) is 3.87. The average molecular weight is 473 g/mol. The second-order valence-electron chi connectivity index (χ2n) is 8.93. The van der Waals surface area contributed by atoms with E-state index in [1.54, 1.807) is 6.07 Å². The van der Waals surface area contributed by atoms with E-state index in [1.165, 1.54) is 12.4 Å². The zero-order valence-electron chi connectivity index (χ0n) is 17.8. The van der Waals surface area contributed by atoms with E-state index >= 15 is 0 Å². The van der Waals surface area contributed by atoms with Crippen molar-refractivity contribution in [1.29, 1.82) is 0 Å². The second kappa shape index (κ2) is 8.09. The van der Waals surface area contributed by atoms with Crippen molar-refractivity contribution in [2.75, 3.05) is 34.8 Å². The molecule has 172 valence electrons. The van der Waals surface area contributed by atoms with Crippen molar-refractivity contribution < 1.29 is 8.78 Å². The first-order valence-electron chi connectivity index (χ1n) is 11.2. The molecule has 33 heavy (non-hydrogen) atoms. The molecule has 1 saturated heterocycles. The van der Waals surface area contributed by atoms with E-state index in [2.05, 4.69) is 25.3 Å². The van der Waals surface area contributed by atoms with Crippen LogP contribution in [0.3, 0.4) is 0 Å². The Labute approximate surface area is 194 Å². The summed E-state index contributed by atoms with van der Waals surface area (Å²) < 4.78 is 29.1. The fourth-order valence-electron chi connectivity index (χ4n) is 5.41. The Morgan fingerprint density at radius 3 is 2.58 bits per heavy atom. The number of benzene rings is 1. The van der Waals surface area contributed by atoms with Crippen LogP contribution >= 0.6 is 11.6 Å². The molecule has 3 aromatic rings. The van der Waals surface area contributed by atoms with Crippen LogP contribution in [0.5, 0.6) is 0 Å². The molecule has 0 spiro atoms. The average Bonchev–Trinajstić information content (AvgIpc) is 3.31. The molecular weight excluding hydrogens is 450 g/mol. The summed E-state index contributed by atoms with van der Waals surface area (Å²) in [6, 6.07) is 6.02. The normalized spacial score (nSPS) is 24.2. The van der Waals surface area contributed by atoms with Crippen molar-refractivity contribution >= 4 is 35.0 Å². The van der Waals surface area contributed by atoms with Gasteiger partial charge >= 0.3 is 0 Å². The van der Waals surface area contributed by atoms with Crippen molar-refractivity contribution in [3.8, 4) is 0 Å². The second-order valence-corrected chi connectivity index (χ2v) is 9.32. The lowest BCUT2D eigenvalue weighted by Crippen LogP contribution is -2.48. The summed E-state index contributed by atoms with van der Waals surface area (Å²) in [4.78, 5) is 17.3. The minimum Gasteiger partial charge on any atom is -0.356 e. The lowest BCUT2D eigenvalue weighted by molar-refractivity contribution is 0.374. The number of halogens is 3. The van der Waals surface area contributed by atoms with Crippen molar-refractivity contribution in [3.05, 3.63) is 47.4 Å². The molecule has 1 saturated carbocycles. The number of hydrogen-bond acceptors (Lipinski definition) is 7. The quantitative estimate of drug-likeness (QED) is 0.578. The summed E-state index contributed by atoms with van der Waals surface area (Å²) >= 11 is 6.06. The number of nitrogens with zero attached hydrogens (tertiary/aromatic N) is 7. The maximum atomic E-state index is 13.8. The van der Waals surface area contributed by atoms with Crippen LogP contribution in [0.2, 0.25) is 5.15 Å². The van der Waals surface area contributed by atoms with Gasteiger partial charge in [0.25, 0.3) is 0 Å². The zero-order valence-corrected chi connectivity index (χ0v) is 18.6. The molecule has 3 aliphatic rings. The first-order valence-corrected chi connectivity index (χ1v) is 11.6. The Morgan fingerprint density at radius 2 is 1.82 bits per heavy atom. The summed E-state index contributed by atoms with van der Waals surface area (Å²) in [5.41, 5.74) is 0.575. The zero-order chi connectivity index (χ0) is 22.5. The number of aromatic nitrogens is 5. The lowest BCUT2D eigenvalue weighted by Gasteiger charge is -2.38. The van der Waals surface area contributed by atoms with Crippen LogP contribution in [0.15, 0.2) is 30.6 Å². The summed E-state index contributed by atoms with van der Waals surface area (Å²) in [7, 11) is 0. The topological polar surface area (TPSA) is 75.0 Å². The first kappa shape index (κ1) is 20.6. The van der Waals surface area contributed by atoms with Gasteiger partial charge in [0.05, 0.1) is 0 Å². The van der Waals surface area contributed by atoms with Crippen LogP contribution in [0.25, 0.3) is 0 Å². The molecule has 2 bridgehead atoms. The third kappa shape index (κ3) is 3.76. The van der Waals surface area contributed by atoms with Gasteiger partial charge in [-0.05, 0) is 43.2 Å². The van der Waals surface area contributed by atoms with E-state index in [4.69, 9.17) is 16.6 Å². The van der Waals surface area contributed by atoms with Gasteiger partial charge in [-0.1, -0.05) is 11.6 Å². The molecule has 1 N–H and O–H groups in total. The molecule has 1 unspecified atom stereocenters. The largest absolute Gasteiger partial charge is 0.356 e. The Bertz CT molecular complexity index is 1170. The monoisotopic (exact) mass is 472 g/mol. The van der Waals surface area contributed by atoms with Crippen LogP contribution < -0.4 is 15.1 Å². The number of piperidine rings is 1. The Morgan fingerprint density at radius 1 is 1.00 bits per heavy atom. The summed E-state index contributed by atoms with van der Waals surface area (Å²) in [6.45, 7) is 3.18. The van der Waals surface area contributed by atoms with Crippen molar-refractivity contribution in [3.63, 3.8) is 0 Å². The molecule has 2 aliphatic heterocycles. The molecule has 8 nitrogen and oxygen atoms in total. The van der Waals surface area contributed by atoms with Crippen molar-refractivity contribution in [2.24, 2.45) is 11.8 Å². The van der Waals surface area contributed by atoms with Crippen molar-refractivity contribution in [2.45, 2.75) is 31.8 Å². The maximum absolute atomic E-state index is 13.8. The minimum absolute atomic E-state index is 0.278. The fraction of sp³-hybridized carbons (Fsp3) is 0.455. The molecule has 11 heteroatoms. The van der Waals surface area contributed by atoms with E-state index in [0.717, 1.165) is 50.8 Å². The smallest absolute Gasteiger partial charge is 0.244 e. The highest BCUT2D eigenvalue weighted by Crippen LogP contribution is 2.40. The molecule has 4 heterocycles. The highest BCUT2D eigenvalue weighted by atomic mass is 35.5. The fourth-order valence-corrected chi connectivity index (χ4v) is 5.55. The summed E-state index contributed by atoms with van der Waals surface area (Å²) in [5.74, 6) is 1.26. The molecule has 0 radical (unpaired) electrons. The number of hydrogen-bond donors (Lipinski definition) is 1. The standard InChI is InChI=1S/C22H23ClF2N8/c23-18-9-19(27-12-26-18)31-10-13-2-3-14(11-31)20(13)28-21-29-22-32(6-1-7-33(22)30-21)15-4-5-16(24)17(25)8-15/h4-5,8-9,12-14,20H,1-3,6-7,10-11H2,(H,28,30)/t13-,14+,20?.